The zero-order valence-corrected chi connectivity index (χ0v) is 15.6. The first kappa shape index (κ1) is 20.8. The second kappa shape index (κ2) is 10.0. The molecular formula is C19H20F3N3OS. The van der Waals surface area contributed by atoms with Crippen molar-refractivity contribution in [2.24, 2.45) is 15.9 Å². The molecule has 0 unspecified atom stereocenters. The standard InChI is InChI=1S/C19H20F3N3OS/c1-2-10-26-17-9-8-16(19(20,21)22)11-15(17)12-24-25-18(23)27-13-14-6-4-3-5-7-14/h3-9,11-12H,2,10,13H2,1H3,(H2,23,25). The number of alkyl halides is 3. The van der Waals surface area contributed by atoms with Crippen LogP contribution in [0.15, 0.2) is 58.7 Å². The molecule has 0 heterocycles. The Morgan fingerprint density at radius 3 is 2.59 bits per heavy atom. The predicted octanol–water partition coefficient (Wildman–Crippen LogP) is 5.08. The van der Waals surface area contributed by atoms with E-state index in [0.717, 1.165) is 24.1 Å². The molecule has 4 nitrogen and oxygen atoms in total. The molecule has 2 aromatic carbocycles. The molecule has 0 aliphatic carbocycles. The zero-order chi connectivity index (χ0) is 19.7. The lowest BCUT2D eigenvalue weighted by Crippen LogP contribution is -2.07. The molecule has 0 aliphatic heterocycles. The highest BCUT2D eigenvalue weighted by molar-refractivity contribution is 8.13. The maximum Gasteiger partial charge on any atom is 0.416 e. The number of nitrogens with zero attached hydrogens (tertiary/aromatic N) is 2. The molecule has 27 heavy (non-hydrogen) atoms. The third-order valence-electron chi connectivity index (χ3n) is 3.38. The Hall–Kier alpha value is -2.48. The van der Waals surface area contributed by atoms with Gasteiger partial charge in [0.05, 0.1) is 18.4 Å². The van der Waals surface area contributed by atoms with Gasteiger partial charge in [-0.15, -0.1) is 5.10 Å². The van der Waals surface area contributed by atoms with E-state index in [4.69, 9.17) is 10.5 Å². The molecule has 2 aromatic rings. The van der Waals surface area contributed by atoms with Crippen molar-refractivity contribution in [3.8, 4) is 5.75 Å². The fraction of sp³-hybridized carbons (Fsp3) is 0.263. The summed E-state index contributed by atoms with van der Waals surface area (Å²) < 4.78 is 44.3. The van der Waals surface area contributed by atoms with Crippen LogP contribution in [0, 0.1) is 0 Å². The van der Waals surface area contributed by atoms with Crippen molar-refractivity contribution in [1.82, 2.24) is 0 Å². The quantitative estimate of drug-likeness (QED) is 0.404. The lowest BCUT2D eigenvalue weighted by molar-refractivity contribution is -0.137. The topological polar surface area (TPSA) is 60.0 Å². The molecule has 2 N–H and O–H groups in total. The van der Waals surface area contributed by atoms with Gasteiger partial charge in [0.2, 0.25) is 0 Å². The van der Waals surface area contributed by atoms with Crippen molar-refractivity contribution >= 4 is 23.1 Å². The van der Waals surface area contributed by atoms with Gasteiger partial charge in [0.1, 0.15) is 5.75 Å². The van der Waals surface area contributed by atoms with Gasteiger partial charge in [0.25, 0.3) is 0 Å². The van der Waals surface area contributed by atoms with E-state index < -0.39 is 11.7 Å². The van der Waals surface area contributed by atoms with Crippen molar-refractivity contribution in [3.05, 3.63) is 65.2 Å². The first-order valence-electron chi connectivity index (χ1n) is 8.27. The number of thioether (sulfide) groups is 1. The van der Waals surface area contributed by atoms with Gasteiger partial charge in [-0.2, -0.15) is 18.3 Å². The van der Waals surface area contributed by atoms with E-state index in [9.17, 15) is 13.2 Å². The Labute approximate surface area is 160 Å². The van der Waals surface area contributed by atoms with Crippen LogP contribution in [0.5, 0.6) is 5.75 Å². The van der Waals surface area contributed by atoms with E-state index in [1.54, 1.807) is 0 Å². The lowest BCUT2D eigenvalue weighted by Gasteiger charge is -2.11. The summed E-state index contributed by atoms with van der Waals surface area (Å²) in [6.07, 6.45) is -2.49. The Bertz CT molecular complexity index is 793. The van der Waals surface area contributed by atoms with Gasteiger partial charge in [-0.1, -0.05) is 49.0 Å². The van der Waals surface area contributed by atoms with Crippen molar-refractivity contribution in [2.75, 3.05) is 6.61 Å². The molecule has 0 amide bonds. The summed E-state index contributed by atoms with van der Waals surface area (Å²) in [6, 6.07) is 12.9. The maximum absolute atomic E-state index is 12.9. The maximum atomic E-state index is 12.9. The molecule has 0 atom stereocenters. The third kappa shape index (κ3) is 6.97. The predicted molar refractivity (Wildman–Crippen MR) is 104 cm³/mol. The van der Waals surface area contributed by atoms with Gasteiger partial charge in [-0.05, 0) is 30.2 Å². The highest BCUT2D eigenvalue weighted by Gasteiger charge is 2.31. The fourth-order valence-electron chi connectivity index (χ4n) is 2.08. The van der Waals surface area contributed by atoms with Gasteiger partial charge < -0.3 is 10.5 Å². The van der Waals surface area contributed by atoms with E-state index in [1.165, 1.54) is 24.0 Å². The molecule has 0 fully saturated rings. The van der Waals surface area contributed by atoms with Crippen molar-refractivity contribution in [2.45, 2.75) is 25.3 Å². The van der Waals surface area contributed by atoms with Crippen LogP contribution in [0.3, 0.4) is 0 Å². The molecule has 144 valence electrons. The SMILES string of the molecule is CCCOc1ccc(C(F)(F)F)cc1C=NN=C(N)SCc1ccccc1. The smallest absolute Gasteiger partial charge is 0.416 e. The normalized spacial score (nSPS) is 12.5. The Kier molecular flexibility index (Phi) is 7.72. The summed E-state index contributed by atoms with van der Waals surface area (Å²) in [5.41, 5.74) is 6.29. The minimum absolute atomic E-state index is 0.197. The van der Waals surface area contributed by atoms with Crippen molar-refractivity contribution in [3.63, 3.8) is 0 Å². The Morgan fingerprint density at radius 1 is 1.19 bits per heavy atom. The van der Waals surface area contributed by atoms with Crippen LogP contribution in [-0.2, 0) is 11.9 Å². The summed E-state index contributed by atoms with van der Waals surface area (Å²) in [5, 5.41) is 7.87. The number of benzene rings is 2. The average Bonchev–Trinajstić information content (AvgIpc) is 2.65. The number of ether oxygens (including phenoxy) is 1. The van der Waals surface area contributed by atoms with Gasteiger partial charge >= 0.3 is 6.18 Å². The van der Waals surface area contributed by atoms with Gasteiger partial charge in [-0.3, -0.25) is 0 Å². The van der Waals surface area contributed by atoms with Gasteiger partial charge in [0.15, 0.2) is 5.17 Å². The summed E-state index contributed by atoms with van der Waals surface area (Å²) in [6.45, 7) is 2.30. The Balaban J connectivity index is 2.10. The van der Waals surface area contributed by atoms with Crippen LogP contribution >= 0.6 is 11.8 Å². The molecular weight excluding hydrogens is 375 g/mol. The minimum atomic E-state index is -4.44. The molecule has 0 aliphatic rings. The number of rotatable bonds is 7. The van der Waals surface area contributed by atoms with Crippen LogP contribution < -0.4 is 10.5 Å². The Morgan fingerprint density at radius 2 is 1.93 bits per heavy atom. The highest BCUT2D eigenvalue weighted by atomic mass is 32.2. The zero-order valence-electron chi connectivity index (χ0n) is 14.7. The van der Waals surface area contributed by atoms with E-state index in [1.807, 2.05) is 37.3 Å². The molecule has 0 saturated heterocycles. The second-order valence-corrected chi connectivity index (χ2v) is 6.55. The van der Waals surface area contributed by atoms with Crippen LogP contribution in [0.25, 0.3) is 0 Å². The monoisotopic (exact) mass is 395 g/mol. The molecule has 0 spiro atoms. The first-order valence-corrected chi connectivity index (χ1v) is 9.26. The van der Waals surface area contributed by atoms with Crippen molar-refractivity contribution in [1.29, 1.82) is 0 Å². The summed E-state index contributed by atoms with van der Waals surface area (Å²) >= 11 is 1.29. The summed E-state index contributed by atoms with van der Waals surface area (Å²) in [7, 11) is 0. The number of hydrogen-bond acceptors (Lipinski definition) is 4. The lowest BCUT2D eigenvalue weighted by atomic mass is 10.1. The van der Waals surface area contributed by atoms with E-state index in [2.05, 4.69) is 10.2 Å². The molecule has 2 rings (SSSR count). The summed E-state index contributed by atoms with van der Waals surface area (Å²) in [4.78, 5) is 0. The minimum Gasteiger partial charge on any atom is -0.493 e. The van der Waals surface area contributed by atoms with Crippen LogP contribution in [0.1, 0.15) is 30.0 Å². The van der Waals surface area contributed by atoms with Gasteiger partial charge in [0, 0.05) is 11.3 Å². The summed E-state index contributed by atoms with van der Waals surface area (Å²) in [5.74, 6) is 0.944. The first-order chi connectivity index (χ1) is 12.9. The largest absolute Gasteiger partial charge is 0.493 e. The average molecular weight is 395 g/mol. The molecule has 0 radical (unpaired) electrons. The third-order valence-corrected chi connectivity index (χ3v) is 4.24. The fourth-order valence-corrected chi connectivity index (χ4v) is 2.69. The number of halogens is 3. The van der Waals surface area contributed by atoms with Gasteiger partial charge in [-0.25, -0.2) is 0 Å². The van der Waals surface area contributed by atoms with Crippen LogP contribution in [0.4, 0.5) is 13.2 Å². The highest BCUT2D eigenvalue weighted by Crippen LogP contribution is 2.32. The van der Waals surface area contributed by atoms with Crippen molar-refractivity contribution < 1.29 is 17.9 Å². The molecule has 0 aromatic heterocycles. The van der Waals surface area contributed by atoms with E-state index in [0.29, 0.717) is 18.1 Å². The number of amidine groups is 1. The van der Waals surface area contributed by atoms with Crippen LogP contribution in [-0.4, -0.2) is 18.0 Å². The second-order valence-electron chi connectivity index (χ2n) is 5.56. The number of nitrogens with two attached hydrogens (primary N) is 1. The number of hydrogen-bond donors (Lipinski definition) is 1. The van der Waals surface area contributed by atoms with Crippen LogP contribution in [0.2, 0.25) is 0 Å². The molecule has 0 bridgehead atoms. The van der Waals surface area contributed by atoms with E-state index in [-0.39, 0.29) is 10.7 Å². The molecule has 0 saturated carbocycles. The van der Waals surface area contributed by atoms with E-state index >= 15 is 0 Å². The molecule has 8 heteroatoms.